The number of hydrogen-bond acceptors (Lipinski definition) is 4. The zero-order valence-corrected chi connectivity index (χ0v) is 13.9. The number of amides is 1. The van der Waals surface area contributed by atoms with E-state index >= 15 is 0 Å². The van der Waals surface area contributed by atoms with Gasteiger partial charge < -0.3 is 10.1 Å². The maximum absolute atomic E-state index is 11.5. The average molecular weight is 409 g/mol. The summed E-state index contributed by atoms with van der Waals surface area (Å²) in [5, 5.41) is 2.58. The topological polar surface area (TPSA) is 38.3 Å². The van der Waals surface area contributed by atoms with Gasteiger partial charge in [0.25, 0.3) is 5.91 Å². The molecule has 0 bridgehead atoms. The molecule has 0 unspecified atom stereocenters. The van der Waals surface area contributed by atoms with Crippen molar-refractivity contribution < 1.29 is 9.53 Å². The minimum atomic E-state index is -0.159. The molecule has 0 radical (unpaired) electrons. The Kier molecular flexibility index (Phi) is 4.47. The molecule has 0 atom stereocenters. The van der Waals surface area contributed by atoms with Crippen LogP contribution in [-0.2, 0) is 4.79 Å². The second kappa shape index (κ2) is 5.73. The van der Waals surface area contributed by atoms with Crippen molar-refractivity contribution in [3.8, 4) is 5.75 Å². The SMILES string of the molecule is COc1c(Br)cc(C=C2SC(=S)NC2=O)cc1Br. The fraction of sp³-hybridized carbons (Fsp3) is 0.0909. The van der Waals surface area contributed by atoms with Crippen molar-refractivity contribution in [1.82, 2.24) is 5.32 Å². The number of benzene rings is 1. The third-order valence-electron chi connectivity index (χ3n) is 2.16. The molecule has 1 aromatic rings. The second-order valence-electron chi connectivity index (χ2n) is 3.37. The van der Waals surface area contributed by atoms with Crippen molar-refractivity contribution in [2.24, 2.45) is 0 Å². The van der Waals surface area contributed by atoms with Gasteiger partial charge in [0.05, 0.1) is 21.0 Å². The highest BCUT2D eigenvalue weighted by Crippen LogP contribution is 2.36. The Labute approximate surface area is 131 Å². The molecule has 3 nitrogen and oxygen atoms in total. The summed E-state index contributed by atoms with van der Waals surface area (Å²) in [5.41, 5.74) is 0.886. The lowest BCUT2D eigenvalue weighted by Crippen LogP contribution is -2.17. The number of thioether (sulfide) groups is 1. The maximum atomic E-state index is 11.5. The lowest BCUT2D eigenvalue weighted by molar-refractivity contribution is -0.115. The van der Waals surface area contributed by atoms with Crippen molar-refractivity contribution in [1.29, 1.82) is 0 Å². The lowest BCUT2D eigenvalue weighted by Gasteiger charge is -2.07. The Hall–Kier alpha value is -0.370. The Morgan fingerprint density at radius 2 is 2.00 bits per heavy atom. The van der Waals surface area contributed by atoms with Crippen LogP contribution < -0.4 is 10.1 Å². The van der Waals surface area contributed by atoms with Crippen LogP contribution in [-0.4, -0.2) is 17.3 Å². The van der Waals surface area contributed by atoms with Crippen LogP contribution in [0.1, 0.15) is 5.56 Å². The molecule has 18 heavy (non-hydrogen) atoms. The highest BCUT2D eigenvalue weighted by molar-refractivity contribution is 9.11. The molecule has 1 aliphatic heterocycles. The molecule has 1 aromatic carbocycles. The Morgan fingerprint density at radius 3 is 2.44 bits per heavy atom. The van der Waals surface area contributed by atoms with E-state index < -0.39 is 0 Å². The average Bonchev–Trinajstić information content (AvgIpc) is 2.57. The first-order valence-electron chi connectivity index (χ1n) is 4.79. The fourth-order valence-electron chi connectivity index (χ4n) is 1.43. The van der Waals surface area contributed by atoms with Crippen LogP contribution in [0.5, 0.6) is 5.75 Å². The van der Waals surface area contributed by atoms with E-state index in [-0.39, 0.29) is 5.91 Å². The van der Waals surface area contributed by atoms with E-state index in [0.29, 0.717) is 9.23 Å². The molecule has 0 spiro atoms. The normalized spacial score (nSPS) is 17.2. The van der Waals surface area contributed by atoms with Gasteiger partial charge in [-0.2, -0.15) is 0 Å². The van der Waals surface area contributed by atoms with Crippen molar-refractivity contribution in [2.45, 2.75) is 0 Å². The number of carbonyl (C=O) groups excluding carboxylic acids is 1. The van der Waals surface area contributed by atoms with E-state index in [0.717, 1.165) is 20.3 Å². The van der Waals surface area contributed by atoms with Gasteiger partial charge in [-0.05, 0) is 55.6 Å². The van der Waals surface area contributed by atoms with Gasteiger partial charge in [-0.1, -0.05) is 24.0 Å². The molecule has 7 heteroatoms. The molecule has 0 aromatic heterocycles. The minimum Gasteiger partial charge on any atom is -0.494 e. The molecule has 1 amide bonds. The number of nitrogens with one attached hydrogen (secondary N) is 1. The third-order valence-corrected chi connectivity index (χ3v) is 4.51. The lowest BCUT2D eigenvalue weighted by atomic mass is 10.2. The molecule has 1 heterocycles. The number of methoxy groups -OCH3 is 1. The summed E-state index contributed by atoms with van der Waals surface area (Å²) in [7, 11) is 1.60. The smallest absolute Gasteiger partial charge is 0.263 e. The van der Waals surface area contributed by atoms with E-state index in [4.69, 9.17) is 17.0 Å². The molecule has 0 aliphatic carbocycles. The highest BCUT2D eigenvalue weighted by Gasteiger charge is 2.22. The van der Waals surface area contributed by atoms with Crippen LogP contribution in [0.3, 0.4) is 0 Å². The Balaban J connectivity index is 2.39. The van der Waals surface area contributed by atoms with E-state index in [9.17, 15) is 4.79 Å². The highest BCUT2D eigenvalue weighted by atomic mass is 79.9. The molecule has 2 rings (SSSR count). The van der Waals surface area contributed by atoms with Crippen LogP contribution in [0.25, 0.3) is 6.08 Å². The summed E-state index contributed by atoms with van der Waals surface area (Å²) in [5.74, 6) is 0.560. The summed E-state index contributed by atoms with van der Waals surface area (Å²) in [6.07, 6.45) is 1.79. The Morgan fingerprint density at radius 1 is 1.39 bits per heavy atom. The summed E-state index contributed by atoms with van der Waals surface area (Å²) in [6.45, 7) is 0. The van der Waals surface area contributed by atoms with Crippen LogP contribution in [0, 0.1) is 0 Å². The van der Waals surface area contributed by atoms with Crippen LogP contribution >= 0.6 is 55.8 Å². The number of hydrogen-bond donors (Lipinski definition) is 1. The first-order valence-corrected chi connectivity index (χ1v) is 7.60. The largest absolute Gasteiger partial charge is 0.494 e. The number of carbonyl (C=O) groups is 1. The minimum absolute atomic E-state index is 0.159. The molecule has 1 saturated heterocycles. The van der Waals surface area contributed by atoms with Gasteiger partial charge in [-0.3, -0.25) is 4.79 Å². The summed E-state index contributed by atoms with van der Waals surface area (Å²) < 4.78 is 7.34. The van der Waals surface area contributed by atoms with Crippen LogP contribution in [0.15, 0.2) is 26.0 Å². The zero-order chi connectivity index (χ0) is 13.3. The third kappa shape index (κ3) is 2.96. The summed E-state index contributed by atoms with van der Waals surface area (Å²) >= 11 is 13.0. The predicted molar refractivity (Wildman–Crippen MR) is 84.7 cm³/mol. The van der Waals surface area contributed by atoms with Gasteiger partial charge in [0.1, 0.15) is 10.1 Å². The molecular formula is C11H7Br2NO2S2. The number of halogens is 2. The van der Waals surface area contributed by atoms with Gasteiger partial charge in [0, 0.05) is 0 Å². The second-order valence-corrected chi connectivity index (χ2v) is 6.80. The van der Waals surface area contributed by atoms with Crippen LogP contribution in [0.2, 0.25) is 0 Å². The number of rotatable bonds is 2. The standard InChI is InChI=1S/C11H7Br2NO2S2/c1-16-9-6(12)2-5(3-7(9)13)4-8-10(15)14-11(17)18-8/h2-4H,1H3,(H,14,15,17). The van der Waals surface area contributed by atoms with Crippen molar-refractivity contribution in [2.75, 3.05) is 7.11 Å². The van der Waals surface area contributed by atoms with Gasteiger partial charge in [0.15, 0.2) is 0 Å². The molecule has 94 valence electrons. The first-order chi connectivity index (χ1) is 8.51. The van der Waals surface area contributed by atoms with E-state index in [1.165, 1.54) is 11.8 Å². The molecule has 1 aliphatic rings. The molecule has 0 saturated carbocycles. The van der Waals surface area contributed by atoms with E-state index in [1.54, 1.807) is 13.2 Å². The molecular weight excluding hydrogens is 402 g/mol. The van der Waals surface area contributed by atoms with Crippen LogP contribution in [0.4, 0.5) is 0 Å². The number of ether oxygens (including phenoxy) is 1. The van der Waals surface area contributed by atoms with E-state index in [1.807, 2.05) is 12.1 Å². The van der Waals surface area contributed by atoms with Crippen molar-refractivity contribution >= 4 is 72.1 Å². The molecule has 1 N–H and O–H groups in total. The van der Waals surface area contributed by atoms with E-state index in [2.05, 4.69) is 37.2 Å². The van der Waals surface area contributed by atoms with Crippen molar-refractivity contribution in [3.63, 3.8) is 0 Å². The summed E-state index contributed by atoms with van der Waals surface area (Å²) in [6, 6.07) is 3.76. The van der Waals surface area contributed by atoms with Gasteiger partial charge in [-0.15, -0.1) is 0 Å². The maximum Gasteiger partial charge on any atom is 0.263 e. The monoisotopic (exact) mass is 407 g/mol. The predicted octanol–water partition coefficient (Wildman–Crippen LogP) is 3.71. The number of thiocarbonyl (C=S) groups is 1. The Bertz CT molecular complexity index is 549. The summed E-state index contributed by atoms with van der Waals surface area (Å²) in [4.78, 5) is 12.1. The first kappa shape index (κ1) is 14.0. The molecule has 1 fully saturated rings. The van der Waals surface area contributed by atoms with Gasteiger partial charge >= 0.3 is 0 Å². The fourth-order valence-corrected chi connectivity index (χ4v) is 4.02. The van der Waals surface area contributed by atoms with Gasteiger partial charge in [0.2, 0.25) is 0 Å². The zero-order valence-electron chi connectivity index (χ0n) is 9.12. The van der Waals surface area contributed by atoms with Crippen molar-refractivity contribution in [3.05, 3.63) is 31.5 Å². The quantitative estimate of drug-likeness (QED) is 0.598. The van der Waals surface area contributed by atoms with Gasteiger partial charge in [-0.25, -0.2) is 0 Å².